The molecule has 0 aromatic heterocycles. The Morgan fingerprint density at radius 1 is 1.15 bits per heavy atom. The van der Waals surface area contributed by atoms with Gasteiger partial charge in [-0.3, -0.25) is 9.52 Å². The molecular formula is C18H18N2O5S. The number of carbonyl (C=O) groups excluding carboxylic acids is 2. The first-order valence-corrected chi connectivity index (χ1v) is 9.06. The van der Waals surface area contributed by atoms with E-state index in [1.54, 1.807) is 12.1 Å². The molecule has 0 fully saturated rings. The van der Waals surface area contributed by atoms with Crippen molar-refractivity contribution < 1.29 is 22.7 Å². The molecule has 2 aromatic rings. The molecule has 0 bridgehead atoms. The molecular weight excluding hydrogens is 356 g/mol. The molecule has 2 N–H and O–H groups in total. The number of sulfonamides is 1. The van der Waals surface area contributed by atoms with Gasteiger partial charge in [-0.05, 0) is 30.3 Å². The summed E-state index contributed by atoms with van der Waals surface area (Å²) in [7, 11) is -2.80. The van der Waals surface area contributed by atoms with E-state index in [2.05, 4.69) is 21.4 Å². The monoisotopic (exact) mass is 374 g/mol. The number of carbonyl (C=O) groups is 2. The van der Waals surface area contributed by atoms with Crippen LogP contribution in [0.15, 0.2) is 66.1 Å². The molecule has 0 unspecified atom stereocenters. The lowest BCUT2D eigenvalue weighted by atomic mass is 10.1. The Balaban J connectivity index is 2.35. The van der Waals surface area contributed by atoms with Gasteiger partial charge in [-0.15, -0.1) is 6.58 Å². The van der Waals surface area contributed by atoms with Gasteiger partial charge in [-0.2, -0.15) is 0 Å². The molecule has 0 aliphatic rings. The molecule has 26 heavy (non-hydrogen) atoms. The van der Waals surface area contributed by atoms with E-state index in [1.807, 2.05) is 0 Å². The Morgan fingerprint density at radius 3 is 2.58 bits per heavy atom. The molecule has 0 saturated heterocycles. The molecule has 0 aliphatic carbocycles. The summed E-state index contributed by atoms with van der Waals surface area (Å²) < 4.78 is 32.3. The van der Waals surface area contributed by atoms with Crippen LogP contribution in [0.25, 0.3) is 0 Å². The van der Waals surface area contributed by atoms with Gasteiger partial charge in [0.25, 0.3) is 15.9 Å². The van der Waals surface area contributed by atoms with Crippen LogP contribution in [0.1, 0.15) is 20.7 Å². The quantitative estimate of drug-likeness (QED) is 0.571. The molecule has 0 radical (unpaired) electrons. The van der Waals surface area contributed by atoms with E-state index in [4.69, 9.17) is 0 Å². The van der Waals surface area contributed by atoms with E-state index >= 15 is 0 Å². The lowest BCUT2D eigenvalue weighted by Crippen LogP contribution is -2.25. The van der Waals surface area contributed by atoms with Gasteiger partial charge in [-0.25, -0.2) is 13.2 Å². The second-order valence-corrected chi connectivity index (χ2v) is 6.85. The number of hydrogen-bond acceptors (Lipinski definition) is 5. The molecule has 0 aliphatic heterocycles. The predicted molar refractivity (Wildman–Crippen MR) is 97.6 cm³/mol. The molecule has 8 heteroatoms. The second kappa shape index (κ2) is 8.30. The van der Waals surface area contributed by atoms with Crippen LogP contribution in [0.5, 0.6) is 0 Å². The third kappa shape index (κ3) is 4.48. The number of ether oxygens (including phenoxy) is 1. The minimum absolute atomic E-state index is 0.104. The highest BCUT2D eigenvalue weighted by Gasteiger charge is 2.19. The van der Waals surface area contributed by atoms with Crippen molar-refractivity contribution in [2.45, 2.75) is 4.90 Å². The Labute approximate surface area is 151 Å². The maximum absolute atomic E-state index is 12.6. The number of para-hydroxylation sites is 1. The number of nitrogens with one attached hydrogen (secondary N) is 2. The van der Waals surface area contributed by atoms with Crippen LogP contribution in [0.4, 0.5) is 5.69 Å². The van der Waals surface area contributed by atoms with Gasteiger partial charge in [0.05, 0.1) is 28.8 Å². The average Bonchev–Trinajstić information content (AvgIpc) is 2.65. The highest BCUT2D eigenvalue weighted by molar-refractivity contribution is 7.92. The van der Waals surface area contributed by atoms with Gasteiger partial charge in [0.15, 0.2) is 0 Å². The van der Waals surface area contributed by atoms with Crippen molar-refractivity contribution in [2.24, 2.45) is 0 Å². The molecule has 2 rings (SSSR count). The number of esters is 1. The minimum atomic E-state index is -4.01. The van der Waals surface area contributed by atoms with Crippen LogP contribution in [0.3, 0.4) is 0 Å². The van der Waals surface area contributed by atoms with Gasteiger partial charge < -0.3 is 10.1 Å². The minimum Gasteiger partial charge on any atom is -0.465 e. The fourth-order valence-electron chi connectivity index (χ4n) is 2.14. The Hall–Kier alpha value is -3.13. The Kier molecular flexibility index (Phi) is 6.13. The largest absolute Gasteiger partial charge is 0.465 e. The van der Waals surface area contributed by atoms with E-state index in [-0.39, 0.29) is 28.3 Å². The zero-order chi connectivity index (χ0) is 19.2. The summed E-state index contributed by atoms with van der Waals surface area (Å²) >= 11 is 0. The van der Waals surface area contributed by atoms with Crippen molar-refractivity contribution >= 4 is 27.6 Å². The first-order chi connectivity index (χ1) is 12.4. The van der Waals surface area contributed by atoms with Crippen molar-refractivity contribution in [3.63, 3.8) is 0 Å². The molecule has 0 atom stereocenters. The lowest BCUT2D eigenvalue weighted by molar-refractivity contribution is 0.0600. The summed E-state index contributed by atoms with van der Waals surface area (Å²) in [6.07, 6.45) is 1.52. The van der Waals surface area contributed by atoms with Crippen LogP contribution in [-0.4, -0.2) is 33.9 Å². The fourth-order valence-corrected chi connectivity index (χ4v) is 3.27. The number of hydrogen-bond donors (Lipinski definition) is 2. The van der Waals surface area contributed by atoms with E-state index in [9.17, 15) is 18.0 Å². The summed E-state index contributed by atoms with van der Waals surface area (Å²) in [5.74, 6) is -1.09. The smallest absolute Gasteiger partial charge is 0.337 e. The molecule has 1 amide bonds. The summed E-state index contributed by atoms with van der Waals surface area (Å²) in [6.45, 7) is 3.76. The number of amides is 1. The third-order valence-corrected chi connectivity index (χ3v) is 4.75. The fraction of sp³-hybridized carbons (Fsp3) is 0.111. The van der Waals surface area contributed by atoms with E-state index < -0.39 is 21.9 Å². The first kappa shape index (κ1) is 19.2. The van der Waals surface area contributed by atoms with Crippen molar-refractivity contribution in [1.29, 1.82) is 0 Å². The van der Waals surface area contributed by atoms with Gasteiger partial charge >= 0.3 is 5.97 Å². The lowest BCUT2D eigenvalue weighted by Gasteiger charge is -2.13. The number of anilines is 1. The molecule has 0 spiro atoms. The van der Waals surface area contributed by atoms with Crippen LogP contribution < -0.4 is 10.0 Å². The predicted octanol–water partition coefficient (Wildman–Crippen LogP) is 2.19. The SMILES string of the molecule is C=CCNC(=O)c1ccccc1NS(=O)(=O)c1cccc(C(=O)OC)c1. The van der Waals surface area contributed by atoms with Gasteiger partial charge in [0.1, 0.15) is 0 Å². The maximum atomic E-state index is 12.6. The van der Waals surface area contributed by atoms with Gasteiger partial charge in [-0.1, -0.05) is 24.3 Å². The Bertz CT molecular complexity index is 938. The van der Waals surface area contributed by atoms with Crippen LogP contribution in [0, 0.1) is 0 Å². The summed E-state index contributed by atoms with van der Waals surface area (Å²) in [5, 5.41) is 2.59. The van der Waals surface area contributed by atoms with E-state index in [0.717, 1.165) is 0 Å². The molecule has 0 saturated carbocycles. The molecule has 136 valence electrons. The molecule has 7 nitrogen and oxygen atoms in total. The highest BCUT2D eigenvalue weighted by Crippen LogP contribution is 2.21. The first-order valence-electron chi connectivity index (χ1n) is 7.58. The van der Waals surface area contributed by atoms with Crippen molar-refractivity contribution in [3.8, 4) is 0 Å². The van der Waals surface area contributed by atoms with E-state index in [1.165, 1.54) is 49.6 Å². The van der Waals surface area contributed by atoms with Crippen LogP contribution in [-0.2, 0) is 14.8 Å². The topological polar surface area (TPSA) is 102 Å². The summed E-state index contributed by atoms with van der Waals surface area (Å²) in [6, 6.07) is 11.6. The van der Waals surface area contributed by atoms with Crippen LogP contribution >= 0.6 is 0 Å². The maximum Gasteiger partial charge on any atom is 0.337 e. The standard InChI is InChI=1S/C18H18N2O5S/c1-3-11-19-17(21)15-9-4-5-10-16(15)20-26(23,24)14-8-6-7-13(12-14)18(22)25-2/h3-10,12,20H,1,11H2,2H3,(H,19,21). The Morgan fingerprint density at radius 2 is 1.88 bits per heavy atom. The number of methoxy groups -OCH3 is 1. The zero-order valence-electron chi connectivity index (χ0n) is 14.1. The number of benzene rings is 2. The molecule has 2 aromatic carbocycles. The van der Waals surface area contributed by atoms with E-state index in [0.29, 0.717) is 0 Å². The second-order valence-electron chi connectivity index (χ2n) is 5.17. The van der Waals surface area contributed by atoms with Gasteiger partial charge in [0, 0.05) is 6.54 Å². The highest BCUT2D eigenvalue weighted by atomic mass is 32.2. The zero-order valence-corrected chi connectivity index (χ0v) is 14.9. The van der Waals surface area contributed by atoms with Crippen LogP contribution in [0.2, 0.25) is 0 Å². The third-order valence-electron chi connectivity index (χ3n) is 3.39. The average molecular weight is 374 g/mol. The van der Waals surface area contributed by atoms with Crippen molar-refractivity contribution in [3.05, 3.63) is 72.3 Å². The summed E-state index contributed by atoms with van der Waals surface area (Å²) in [5.41, 5.74) is 0.395. The summed E-state index contributed by atoms with van der Waals surface area (Å²) in [4.78, 5) is 23.6. The van der Waals surface area contributed by atoms with Gasteiger partial charge in [0.2, 0.25) is 0 Å². The van der Waals surface area contributed by atoms with Crippen molar-refractivity contribution in [2.75, 3.05) is 18.4 Å². The normalized spacial score (nSPS) is 10.7. The van der Waals surface area contributed by atoms with Crippen molar-refractivity contribution in [1.82, 2.24) is 5.32 Å². The molecule has 0 heterocycles. The number of rotatable bonds is 7.